The Labute approximate surface area is 437 Å². The number of fused-ring (bicyclic) bond motifs is 2. The average Bonchev–Trinajstić information content (AvgIpc) is 3.42. The number of ether oxygens (including phenoxy) is 8. The van der Waals surface area contributed by atoms with E-state index in [9.17, 15) is 30.0 Å². The van der Waals surface area contributed by atoms with Crippen LogP contribution in [0.1, 0.15) is 106 Å². The maximum atomic E-state index is 12.8. The molecule has 0 radical (unpaired) electrons. The van der Waals surface area contributed by atoms with Gasteiger partial charge in [-0.1, -0.05) is 24.3 Å². The number of likely N-dealkylation sites (N-methyl/N-ethyl adjacent to an activating group) is 2. The predicted octanol–water partition coefficient (Wildman–Crippen LogP) is 6.96. The van der Waals surface area contributed by atoms with Crippen molar-refractivity contribution in [3.63, 3.8) is 0 Å². The fourth-order valence-corrected chi connectivity index (χ4v) is 11.1. The molecule has 404 valence electrons. The molecule has 4 N–H and O–H groups in total. The number of carbonyl (C=O) groups is 2. The number of benzene rings is 4. The summed E-state index contributed by atoms with van der Waals surface area (Å²) >= 11 is 0. The quantitative estimate of drug-likeness (QED) is 0.0198. The maximum Gasteiger partial charge on any atom is 0.306 e. The first-order chi connectivity index (χ1) is 35.7. The van der Waals surface area contributed by atoms with Crippen molar-refractivity contribution >= 4 is 11.9 Å². The van der Waals surface area contributed by atoms with Crippen molar-refractivity contribution in [2.45, 2.75) is 103 Å². The van der Waals surface area contributed by atoms with Gasteiger partial charge in [-0.3, -0.25) is 9.59 Å². The molecule has 4 aromatic rings. The number of esters is 2. The van der Waals surface area contributed by atoms with E-state index in [-0.39, 0.29) is 69.9 Å². The van der Waals surface area contributed by atoms with Crippen LogP contribution >= 0.6 is 0 Å². The summed E-state index contributed by atoms with van der Waals surface area (Å²) in [5.41, 5.74) is 9.14. The summed E-state index contributed by atoms with van der Waals surface area (Å²) in [6, 6.07) is 16.0. The molecule has 0 fully saturated rings. The van der Waals surface area contributed by atoms with Crippen LogP contribution in [0.5, 0.6) is 34.5 Å². The zero-order chi connectivity index (χ0) is 53.4. The van der Waals surface area contributed by atoms with Crippen LogP contribution < -0.4 is 28.4 Å². The van der Waals surface area contributed by atoms with Crippen LogP contribution in [0.25, 0.3) is 0 Å². The molecular formula is C58H80N2O14+2. The number of carbonyl (C=O) groups excluding carboxylic acids is 2. The topological polar surface area (TPSA) is 189 Å². The van der Waals surface area contributed by atoms with E-state index in [2.05, 4.69) is 26.2 Å². The highest BCUT2D eigenvalue weighted by Gasteiger charge is 2.41. The number of nitrogens with zero attached hydrogens (tertiary/aromatic N) is 2. The first-order valence-electron chi connectivity index (χ1n) is 25.7. The minimum absolute atomic E-state index is 0.0442. The Morgan fingerprint density at radius 3 is 1.45 bits per heavy atom. The van der Waals surface area contributed by atoms with Crippen LogP contribution in [-0.4, -0.2) is 137 Å². The van der Waals surface area contributed by atoms with E-state index in [1.165, 1.54) is 11.1 Å². The van der Waals surface area contributed by atoms with Crippen molar-refractivity contribution in [2.75, 3.05) is 96.1 Å². The Bertz CT molecular complexity index is 2340. The maximum absolute atomic E-state index is 12.8. The van der Waals surface area contributed by atoms with E-state index in [1.807, 2.05) is 48.6 Å². The van der Waals surface area contributed by atoms with Crippen LogP contribution in [0.3, 0.4) is 0 Å². The minimum atomic E-state index is -0.285. The minimum Gasteiger partial charge on any atom is -0.496 e. The standard InChI is InChI=1S/C58H80N2O14/c1-59(21-17-41-31-43(35-61)44(36-62)32-46(41)49(59)26-39-25-45(37-63)48(38-64)51(28-39)67-3)19-13-23-73-56(65)15-11-9-10-12-16-57(66)74-24-14-20-60(2)22-18-42-33-52(68-4)53(69-5)34-47(42)50(60)27-40-29-54(70-6)58(72-8)55(30-40)71-7/h9-10,25,28-34,49-50,61-64H,11-24,26-27,35-38H2,1-8H3/q+2/t49-,50-,59?,60?/m1/s1. The summed E-state index contributed by atoms with van der Waals surface area (Å²) in [5, 5.41) is 40.4. The van der Waals surface area contributed by atoms with Gasteiger partial charge < -0.3 is 67.3 Å². The van der Waals surface area contributed by atoms with Crippen molar-refractivity contribution in [1.29, 1.82) is 0 Å². The highest BCUT2D eigenvalue weighted by atomic mass is 16.5. The van der Waals surface area contributed by atoms with Gasteiger partial charge in [0, 0.05) is 68.1 Å². The zero-order valence-electron chi connectivity index (χ0n) is 44.8. The van der Waals surface area contributed by atoms with Crippen molar-refractivity contribution in [1.82, 2.24) is 0 Å². The molecule has 4 atom stereocenters. The summed E-state index contributed by atoms with van der Waals surface area (Å²) in [6.07, 6.45) is 9.50. The van der Waals surface area contributed by atoms with Gasteiger partial charge in [-0.2, -0.15) is 0 Å². The van der Waals surface area contributed by atoms with Gasteiger partial charge in [0.25, 0.3) is 0 Å². The highest BCUT2D eigenvalue weighted by molar-refractivity contribution is 5.70. The third kappa shape index (κ3) is 13.7. The highest BCUT2D eigenvalue weighted by Crippen LogP contribution is 2.45. The molecular weight excluding hydrogens is 949 g/mol. The second-order valence-corrected chi connectivity index (χ2v) is 19.8. The van der Waals surface area contributed by atoms with E-state index >= 15 is 0 Å². The lowest BCUT2D eigenvalue weighted by atomic mass is 9.83. The molecule has 0 amide bonds. The first kappa shape index (κ1) is 57.4. The van der Waals surface area contributed by atoms with Gasteiger partial charge in [-0.25, -0.2) is 0 Å². The molecule has 74 heavy (non-hydrogen) atoms. The SMILES string of the molecule is COc1cc2c(cc1OC)[C@@H](Cc1cc(OC)c(OC)c(OC)c1)[N+](C)(CCCOC(=O)CCC=CCCC(=O)OCCC[N+]1(C)CCc3cc(CO)c(CO)cc3[C@H]1Cc1cc(CO)c(CO)c(OC)c1)CC2. The molecule has 16 heteroatoms. The molecule has 2 unspecified atom stereocenters. The fourth-order valence-electron chi connectivity index (χ4n) is 11.1. The van der Waals surface area contributed by atoms with Gasteiger partial charge in [0.2, 0.25) is 5.75 Å². The van der Waals surface area contributed by atoms with Crippen molar-refractivity contribution in [3.8, 4) is 34.5 Å². The number of quaternary nitrogens is 2. The van der Waals surface area contributed by atoms with E-state index in [1.54, 1.807) is 42.7 Å². The second kappa shape index (κ2) is 27.1. The number of rotatable bonds is 28. The third-order valence-corrected chi connectivity index (χ3v) is 15.3. The molecule has 16 nitrogen and oxygen atoms in total. The van der Waals surface area contributed by atoms with Crippen LogP contribution in [0.4, 0.5) is 0 Å². The zero-order valence-corrected chi connectivity index (χ0v) is 44.8. The largest absolute Gasteiger partial charge is 0.496 e. The van der Waals surface area contributed by atoms with Gasteiger partial charge >= 0.3 is 11.9 Å². The summed E-state index contributed by atoms with van der Waals surface area (Å²) in [4.78, 5) is 25.7. The molecule has 4 aromatic carbocycles. The molecule has 2 aliphatic rings. The molecule has 0 bridgehead atoms. The number of hydrogen-bond donors (Lipinski definition) is 4. The smallest absolute Gasteiger partial charge is 0.306 e. The first-order valence-corrected chi connectivity index (χ1v) is 25.7. The number of hydrogen-bond acceptors (Lipinski definition) is 14. The Kier molecular flexibility index (Phi) is 21.0. The lowest BCUT2D eigenvalue weighted by Gasteiger charge is -2.46. The monoisotopic (exact) mass is 1030 g/mol. The Morgan fingerprint density at radius 2 is 0.973 bits per heavy atom. The molecule has 6 rings (SSSR count). The molecule has 2 aliphatic heterocycles. The normalized spacial score (nSPS) is 19.1. The summed E-state index contributed by atoms with van der Waals surface area (Å²) < 4.78 is 46.8. The van der Waals surface area contributed by atoms with E-state index in [4.69, 9.17) is 37.9 Å². The molecule has 0 aliphatic carbocycles. The van der Waals surface area contributed by atoms with E-state index in [0.717, 1.165) is 65.8 Å². The van der Waals surface area contributed by atoms with E-state index < -0.39 is 0 Å². The Morgan fingerprint density at radius 1 is 0.527 bits per heavy atom. The predicted molar refractivity (Wildman–Crippen MR) is 280 cm³/mol. The fraction of sp³-hybridized carbons (Fsp3) is 0.517. The lowest BCUT2D eigenvalue weighted by Crippen LogP contribution is -2.52. The van der Waals surface area contributed by atoms with Gasteiger partial charge in [-0.15, -0.1) is 0 Å². The van der Waals surface area contributed by atoms with Crippen LogP contribution in [0.15, 0.2) is 60.7 Å². The molecule has 0 aromatic heterocycles. The Hall–Kier alpha value is -5.88. The number of aliphatic hydroxyl groups excluding tert-OH is 4. The van der Waals surface area contributed by atoms with Crippen LogP contribution in [-0.2, 0) is 71.2 Å². The molecule has 0 spiro atoms. The Balaban J connectivity index is 0.967. The number of aliphatic hydroxyl groups is 4. The molecule has 0 saturated carbocycles. The number of allylic oxidation sites excluding steroid dienone is 2. The second-order valence-electron chi connectivity index (χ2n) is 19.8. The van der Waals surface area contributed by atoms with Gasteiger partial charge in [0.15, 0.2) is 23.0 Å². The van der Waals surface area contributed by atoms with Gasteiger partial charge in [0.1, 0.15) is 17.8 Å². The lowest BCUT2D eigenvalue weighted by molar-refractivity contribution is -0.941. The number of methoxy groups -OCH3 is 6. The van der Waals surface area contributed by atoms with Crippen LogP contribution in [0, 0.1) is 0 Å². The summed E-state index contributed by atoms with van der Waals surface area (Å²) in [6.45, 7) is 2.91. The third-order valence-electron chi connectivity index (χ3n) is 15.3. The van der Waals surface area contributed by atoms with Crippen molar-refractivity contribution < 1.29 is 76.9 Å². The van der Waals surface area contributed by atoms with Gasteiger partial charge in [-0.05, 0) is 88.2 Å². The van der Waals surface area contributed by atoms with E-state index in [0.29, 0.717) is 106 Å². The van der Waals surface area contributed by atoms with Crippen molar-refractivity contribution in [2.24, 2.45) is 0 Å². The van der Waals surface area contributed by atoms with Crippen LogP contribution in [0.2, 0.25) is 0 Å². The van der Waals surface area contributed by atoms with Gasteiger partial charge in [0.05, 0.1) is 123 Å². The van der Waals surface area contributed by atoms with Crippen molar-refractivity contribution in [3.05, 3.63) is 116 Å². The summed E-state index contributed by atoms with van der Waals surface area (Å²) in [5.74, 6) is 3.07. The summed E-state index contributed by atoms with van der Waals surface area (Å²) in [7, 11) is 14.1. The molecule has 0 saturated heterocycles. The molecule has 2 heterocycles. The average molecular weight is 1030 g/mol.